The number of piperazine rings is 1. The van der Waals surface area contributed by atoms with Gasteiger partial charge in [-0.25, -0.2) is 0 Å². The highest BCUT2D eigenvalue weighted by Crippen LogP contribution is 2.22. The van der Waals surface area contributed by atoms with Crippen LogP contribution in [0.1, 0.15) is 17.3 Å². The Morgan fingerprint density at radius 2 is 1.89 bits per heavy atom. The smallest absolute Gasteiger partial charge is 0.161 e. The van der Waals surface area contributed by atoms with Gasteiger partial charge in [0.15, 0.2) is 5.78 Å². The Morgan fingerprint density at radius 1 is 1.22 bits per heavy atom. The van der Waals surface area contributed by atoms with Crippen LogP contribution in [-0.4, -0.2) is 55.1 Å². The molecule has 4 nitrogen and oxygen atoms in total. The number of rotatable bonds is 4. The maximum atomic E-state index is 11.6. The number of aliphatic hydroxyl groups is 1. The summed E-state index contributed by atoms with van der Waals surface area (Å²) in [6, 6.07) is 7.78. The first kappa shape index (κ1) is 13.1. The normalized spacial score (nSPS) is 16.9. The Labute approximate surface area is 108 Å². The molecule has 1 aromatic carbocycles. The molecule has 1 saturated heterocycles. The number of ketones is 1. The lowest BCUT2D eigenvalue weighted by Gasteiger charge is -2.36. The Morgan fingerprint density at radius 3 is 2.50 bits per heavy atom. The van der Waals surface area contributed by atoms with Crippen LogP contribution in [0.5, 0.6) is 0 Å². The zero-order valence-corrected chi connectivity index (χ0v) is 10.8. The van der Waals surface area contributed by atoms with Crippen LogP contribution in [0.4, 0.5) is 5.69 Å². The molecule has 0 unspecified atom stereocenters. The number of hydrogen-bond donors (Lipinski definition) is 1. The van der Waals surface area contributed by atoms with E-state index in [0.29, 0.717) is 0 Å². The molecule has 0 bridgehead atoms. The van der Waals surface area contributed by atoms with Gasteiger partial charge in [0.05, 0.1) is 6.61 Å². The van der Waals surface area contributed by atoms with E-state index < -0.39 is 0 Å². The summed E-state index contributed by atoms with van der Waals surface area (Å²) in [5.74, 6) is 0.114. The average molecular weight is 248 g/mol. The fourth-order valence-electron chi connectivity index (χ4n) is 2.40. The number of anilines is 1. The molecule has 1 aliphatic heterocycles. The molecule has 98 valence electrons. The largest absolute Gasteiger partial charge is 0.395 e. The Kier molecular flexibility index (Phi) is 4.33. The molecule has 0 aliphatic carbocycles. The Hall–Kier alpha value is -1.39. The second kappa shape index (κ2) is 5.98. The van der Waals surface area contributed by atoms with Gasteiger partial charge in [0, 0.05) is 44.0 Å². The number of Topliss-reactive ketones (excluding diaryl/α,β-unsaturated/α-hetero) is 1. The number of nitrogens with zero attached hydrogens (tertiary/aromatic N) is 2. The summed E-state index contributed by atoms with van der Waals surface area (Å²) >= 11 is 0. The van der Waals surface area contributed by atoms with Gasteiger partial charge in [0.2, 0.25) is 0 Å². The molecule has 18 heavy (non-hydrogen) atoms. The summed E-state index contributed by atoms with van der Waals surface area (Å²) in [6.07, 6.45) is 0. The van der Waals surface area contributed by atoms with E-state index in [-0.39, 0.29) is 12.4 Å². The summed E-state index contributed by atoms with van der Waals surface area (Å²) in [5.41, 5.74) is 1.83. The minimum absolute atomic E-state index is 0.114. The van der Waals surface area contributed by atoms with Crippen molar-refractivity contribution in [2.75, 3.05) is 44.2 Å². The third kappa shape index (κ3) is 2.89. The maximum absolute atomic E-state index is 11.6. The van der Waals surface area contributed by atoms with Crippen LogP contribution in [0.3, 0.4) is 0 Å². The quantitative estimate of drug-likeness (QED) is 0.807. The second-order valence-corrected chi connectivity index (χ2v) is 4.63. The molecule has 0 radical (unpaired) electrons. The summed E-state index contributed by atoms with van der Waals surface area (Å²) in [7, 11) is 0. The number of hydrogen-bond acceptors (Lipinski definition) is 4. The van der Waals surface area contributed by atoms with Crippen molar-refractivity contribution in [2.24, 2.45) is 0 Å². The van der Waals surface area contributed by atoms with Gasteiger partial charge in [-0.15, -0.1) is 0 Å². The molecular weight excluding hydrogens is 228 g/mol. The first-order valence-electron chi connectivity index (χ1n) is 6.40. The highest BCUT2D eigenvalue weighted by molar-refractivity contribution is 5.99. The second-order valence-electron chi connectivity index (χ2n) is 4.63. The van der Waals surface area contributed by atoms with E-state index in [4.69, 9.17) is 5.11 Å². The summed E-state index contributed by atoms with van der Waals surface area (Å²) < 4.78 is 0. The number of aliphatic hydroxyl groups excluding tert-OH is 1. The number of para-hydroxylation sites is 1. The molecule has 0 aromatic heterocycles. The van der Waals surface area contributed by atoms with Crippen LogP contribution in [0.25, 0.3) is 0 Å². The molecular formula is C14H20N2O2. The zero-order valence-electron chi connectivity index (χ0n) is 10.8. The van der Waals surface area contributed by atoms with Crippen LogP contribution in [0.15, 0.2) is 24.3 Å². The number of carbonyl (C=O) groups excluding carboxylic acids is 1. The SMILES string of the molecule is CC(=O)c1ccccc1N1CCN(CCO)CC1. The number of β-amino-alcohol motifs (C(OH)–C–C–N with tert-alkyl or cyclic N) is 1. The van der Waals surface area contributed by atoms with Crippen LogP contribution in [-0.2, 0) is 0 Å². The van der Waals surface area contributed by atoms with Gasteiger partial charge in [-0.05, 0) is 19.1 Å². The predicted molar refractivity (Wildman–Crippen MR) is 72.2 cm³/mol. The Bertz CT molecular complexity index is 412. The van der Waals surface area contributed by atoms with Crippen molar-refractivity contribution < 1.29 is 9.90 Å². The summed E-state index contributed by atoms with van der Waals surface area (Å²) in [5, 5.41) is 8.92. The van der Waals surface area contributed by atoms with Gasteiger partial charge in [0.1, 0.15) is 0 Å². The number of carbonyl (C=O) groups is 1. The van der Waals surface area contributed by atoms with Gasteiger partial charge in [-0.2, -0.15) is 0 Å². The van der Waals surface area contributed by atoms with E-state index in [9.17, 15) is 4.79 Å². The molecule has 0 spiro atoms. The van der Waals surface area contributed by atoms with E-state index in [1.165, 1.54) is 0 Å². The summed E-state index contributed by atoms with van der Waals surface area (Å²) in [4.78, 5) is 16.1. The first-order valence-corrected chi connectivity index (χ1v) is 6.40. The van der Waals surface area contributed by atoms with E-state index >= 15 is 0 Å². The lowest BCUT2D eigenvalue weighted by molar-refractivity contribution is 0.101. The molecule has 1 aliphatic rings. The van der Waals surface area contributed by atoms with Crippen molar-refractivity contribution in [3.05, 3.63) is 29.8 Å². The van der Waals surface area contributed by atoms with Crippen molar-refractivity contribution in [3.63, 3.8) is 0 Å². The van der Waals surface area contributed by atoms with Crippen molar-refractivity contribution in [3.8, 4) is 0 Å². The van der Waals surface area contributed by atoms with Crippen molar-refractivity contribution in [2.45, 2.75) is 6.92 Å². The lowest BCUT2D eigenvalue weighted by atomic mass is 10.1. The monoisotopic (exact) mass is 248 g/mol. The minimum Gasteiger partial charge on any atom is -0.395 e. The van der Waals surface area contributed by atoms with Crippen molar-refractivity contribution in [1.82, 2.24) is 4.90 Å². The van der Waals surface area contributed by atoms with Gasteiger partial charge in [-0.3, -0.25) is 9.69 Å². The van der Waals surface area contributed by atoms with Gasteiger partial charge in [-0.1, -0.05) is 12.1 Å². The molecule has 2 rings (SSSR count). The molecule has 0 saturated carbocycles. The van der Waals surface area contributed by atoms with Gasteiger partial charge < -0.3 is 10.0 Å². The lowest BCUT2D eigenvalue weighted by Crippen LogP contribution is -2.47. The van der Waals surface area contributed by atoms with Gasteiger partial charge in [0.25, 0.3) is 0 Å². The van der Waals surface area contributed by atoms with E-state index in [1.54, 1.807) is 6.92 Å². The fraction of sp³-hybridized carbons (Fsp3) is 0.500. The molecule has 0 atom stereocenters. The van der Waals surface area contributed by atoms with Crippen LogP contribution >= 0.6 is 0 Å². The minimum atomic E-state index is 0.114. The highest BCUT2D eigenvalue weighted by Gasteiger charge is 2.19. The standard InChI is InChI=1S/C14H20N2O2/c1-12(18)13-4-2-3-5-14(13)16-8-6-15(7-9-16)10-11-17/h2-5,17H,6-11H2,1H3. The fourth-order valence-corrected chi connectivity index (χ4v) is 2.40. The van der Waals surface area contributed by atoms with Gasteiger partial charge >= 0.3 is 0 Å². The van der Waals surface area contributed by atoms with E-state index in [0.717, 1.165) is 44.0 Å². The van der Waals surface area contributed by atoms with Crippen LogP contribution in [0, 0.1) is 0 Å². The average Bonchev–Trinajstić information content (AvgIpc) is 2.40. The molecule has 1 aromatic rings. The molecule has 1 fully saturated rings. The highest BCUT2D eigenvalue weighted by atomic mass is 16.3. The first-order chi connectivity index (χ1) is 8.72. The summed E-state index contributed by atoms with van der Waals surface area (Å²) in [6.45, 7) is 6.25. The molecule has 1 heterocycles. The predicted octanol–water partition coefficient (Wildman–Crippen LogP) is 1.00. The van der Waals surface area contributed by atoms with Crippen LogP contribution in [0.2, 0.25) is 0 Å². The third-order valence-electron chi connectivity index (χ3n) is 3.41. The Balaban J connectivity index is 2.07. The van der Waals surface area contributed by atoms with E-state index in [1.807, 2.05) is 24.3 Å². The molecule has 1 N–H and O–H groups in total. The topological polar surface area (TPSA) is 43.8 Å². The zero-order chi connectivity index (χ0) is 13.0. The molecule has 4 heteroatoms. The van der Waals surface area contributed by atoms with Crippen LogP contribution < -0.4 is 4.90 Å². The van der Waals surface area contributed by atoms with E-state index in [2.05, 4.69) is 9.80 Å². The number of benzene rings is 1. The maximum Gasteiger partial charge on any atom is 0.161 e. The third-order valence-corrected chi connectivity index (χ3v) is 3.41. The molecule has 0 amide bonds. The van der Waals surface area contributed by atoms with Crippen molar-refractivity contribution >= 4 is 11.5 Å². The van der Waals surface area contributed by atoms with Crippen molar-refractivity contribution in [1.29, 1.82) is 0 Å².